The predicted octanol–water partition coefficient (Wildman–Crippen LogP) is 2.99. The fourth-order valence-electron chi connectivity index (χ4n) is 3.15. The summed E-state index contributed by atoms with van der Waals surface area (Å²) in [6.07, 6.45) is 1.42. The molecule has 6 heteroatoms. The zero-order valence-electron chi connectivity index (χ0n) is 15.5. The lowest BCUT2D eigenvalue weighted by Gasteiger charge is -2.34. The molecule has 26 heavy (non-hydrogen) atoms. The zero-order valence-corrected chi connectivity index (χ0v) is 15.5. The van der Waals surface area contributed by atoms with Crippen LogP contribution in [0.2, 0.25) is 0 Å². The second-order valence-electron chi connectivity index (χ2n) is 6.97. The molecule has 0 atom stereocenters. The SMILES string of the molecule is CNCC(=O)Oc1c(OC(C)=O)c2c(c3ccccc13)OC(C)(C)CC2. The Morgan fingerprint density at radius 3 is 2.50 bits per heavy atom. The van der Waals surface area contributed by atoms with Crippen molar-refractivity contribution in [2.45, 2.75) is 39.2 Å². The van der Waals surface area contributed by atoms with Crippen LogP contribution in [0.25, 0.3) is 10.8 Å². The Balaban J connectivity index is 2.27. The topological polar surface area (TPSA) is 73.9 Å². The van der Waals surface area contributed by atoms with E-state index in [2.05, 4.69) is 5.32 Å². The lowest BCUT2D eigenvalue weighted by atomic mass is 9.91. The Morgan fingerprint density at radius 1 is 1.15 bits per heavy atom. The van der Waals surface area contributed by atoms with Crippen molar-refractivity contribution in [1.29, 1.82) is 0 Å². The monoisotopic (exact) mass is 357 g/mol. The maximum absolute atomic E-state index is 12.1. The molecule has 2 aromatic rings. The number of carbonyl (C=O) groups is 2. The van der Waals surface area contributed by atoms with E-state index in [9.17, 15) is 9.59 Å². The lowest BCUT2D eigenvalue weighted by Crippen LogP contribution is -2.33. The minimum Gasteiger partial charge on any atom is -0.487 e. The minimum absolute atomic E-state index is 0.0501. The van der Waals surface area contributed by atoms with Crippen LogP contribution < -0.4 is 19.5 Å². The number of benzene rings is 2. The number of fused-ring (bicyclic) bond motifs is 3. The molecule has 0 saturated carbocycles. The van der Waals surface area contributed by atoms with Gasteiger partial charge in [-0.15, -0.1) is 0 Å². The minimum atomic E-state index is -0.474. The highest BCUT2D eigenvalue weighted by Gasteiger charge is 2.33. The van der Waals surface area contributed by atoms with Crippen LogP contribution in [0, 0.1) is 0 Å². The highest BCUT2D eigenvalue weighted by atomic mass is 16.6. The maximum Gasteiger partial charge on any atom is 0.325 e. The second kappa shape index (κ2) is 6.96. The first-order valence-electron chi connectivity index (χ1n) is 8.62. The van der Waals surface area contributed by atoms with Crippen molar-refractivity contribution < 1.29 is 23.8 Å². The summed E-state index contributed by atoms with van der Waals surface area (Å²) in [4.78, 5) is 23.8. The number of hydrogen-bond acceptors (Lipinski definition) is 6. The van der Waals surface area contributed by atoms with E-state index in [1.807, 2.05) is 38.1 Å². The first-order valence-corrected chi connectivity index (χ1v) is 8.62. The lowest BCUT2D eigenvalue weighted by molar-refractivity contribution is -0.135. The summed E-state index contributed by atoms with van der Waals surface area (Å²) in [5.41, 5.74) is 0.429. The molecular formula is C20H23NO5. The summed E-state index contributed by atoms with van der Waals surface area (Å²) >= 11 is 0. The van der Waals surface area contributed by atoms with E-state index in [0.717, 1.165) is 17.4 Å². The number of carbonyl (C=O) groups excluding carboxylic acids is 2. The summed E-state index contributed by atoms with van der Waals surface area (Å²) in [5.74, 6) is 0.284. The van der Waals surface area contributed by atoms with E-state index in [4.69, 9.17) is 14.2 Å². The van der Waals surface area contributed by atoms with Gasteiger partial charge in [0.15, 0.2) is 11.5 Å². The molecule has 1 heterocycles. The Kier molecular flexibility index (Phi) is 4.87. The molecule has 1 aliphatic heterocycles. The Labute approximate surface area is 152 Å². The standard InChI is InChI=1S/C20H23NO5/c1-12(22)24-19-15-9-10-20(2,3)26-17(15)13-7-5-6-8-14(13)18(19)25-16(23)11-21-4/h5-8,21H,9-11H2,1-4H3. The highest BCUT2D eigenvalue weighted by Crippen LogP contribution is 2.50. The molecule has 0 aromatic heterocycles. The summed E-state index contributed by atoms with van der Waals surface area (Å²) in [6.45, 7) is 5.43. The van der Waals surface area contributed by atoms with Gasteiger partial charge in [-0.05, 0) is 33.7 Å². The van der Waals surface area contributed by atoms with Crippen LogP contribution >= 0.6 is 0 Å². The summed E-state index contributed by atoms with van der Waals surface area (Å²) in [5, 5.41) is 4.26. The fraction of sp³-hybridized carbons (Fsp3) is 0.400. The van der Waals surface area contributed by atoms with E-state index >= 15 is 0 Å². The third-order valence-corrected chi connectivity index (χ3v) is 4.31. The average molecular weight is 357 g/mol. The van der Waals surface area contributed by atoms with Crippen LogP contribution in [0.5, 0.6) is 17.2 Å². The Hall–Kier alpha value is -2.60. The van der Waals surface area contributed by atoms with Crippen molar-refractivity contribution in [2.75, 3.05) is 13.6 Å². The van der Waals surface area contributed by atoms with Gasteiger partial charge in [0.2, 0.25) is 0 Å². The van der Waals surface area contributed by atoms with Gasteiger partial charge in [-0.1, -0.05) is 24.3 Å². The number of ether oxygens (including phenoxy) is 3. The largest absolute Gasteiger partial charge is 0.487 e. The summed E-state index contributed by atoms with van der Waals surface area (Å²) in [7, 11) is 1.66. The molecule has 0 aliphatic carbocycles. The van der Waals surface area contributed by atoms with Crippen molar-refractivity contribution in [2.24, 2.45) is 0 Å². The third-order valence-electron chi connectivity index (χ3n) is 4.31. The van der Waals surface area contributed by atoms with E-state index in [1.54, 1.807) is 7.05 Å². The van der Waals surface area contributed by atoms with Crippen LogP contribution in [-0.2, 0) is 16.0 Å². The summed E-state index contributed by atoms with van der Waals surface area (Å²) in [6, 6.07) is 7.49. The fourth-order valence-corrected chi connectivity index (χ4v) is 3.15. The van der Waals surface area contributed by atoms with Gasteiger partial charge in [0.25, 0.3) is 0 Å². The maximum atomic E-state index is 12.1. The van der Waals surface area contributed by atoms with Gasteiger partial charge in [0.1, 0.15) is 11.4 Å². The molecule has 0 radical (unpaired) electrons. The van der Waals surface area contributed by atoms with E-state index < -0.39 is 11.9 Å². The van der Waals surface area contributed by atoms with Crippen molar-refractivity contribution in [1.82, 2.24) is 5.32 Å². The summed E-state index contributed by atoms with van der Waals surface area (Å²) < 4.78 is 17.3. The molecule has 0 spiro atoms. The van der Waals surface area contributed by atoms with Gasteiger partial charge in [0.05, 0.1) is 6.54 Å². The van der Waals surface area contributed by atoms with Crippen LogP contribution in [0.3, 0.4) is 0 Å². The number of nitrogens with one attached hydrogen (secondary N) is 1. The highest BCUT2D eigenvalue weighted by molar-refractivity contribution is 5.99. The normalized spacial score (nSPS) is 15.1. The van der Waals surface area contributed by atoms with Crippen LogP contribution in [0.15, 0.2) is 24.3 Å². The van der Waals surface area contributed by atoms with Crippen LogP contribution in [0.1, 0.15) is 32.8 Å². The van der Waals surface area contributed by atoms with Crippen molar-refractivity contribution >= 4 is 22.7 Å². The second-order valence-corrected chi connectivity index (χ2v) is 6.97. The van der Waals surface area contributed by atoms with Gasteiger partial charge in [-0.2, -0.15) is 0 Å². The number of likely N-dealkylation sites (N-methyl/N-ethyl adjacent to an activating group) is 1. The first-order chi connectivity index (χ1) is 12.3. The molecule has 0 fully saturated rings. The van der Waals surface area contributed by atoms with E-state index in [1.165, 1.54) is 6.92 Å². The van der Waals surface area contributed by atoms with Gasteiger partial charge < -0.3 is 19.5 Å². The number of hydrogen-bond donors (Lipinski definition) is 1. The Morgan fingerprint density at radius 2 is 1.85 bits per heavy atom. The van der Waals surface area contributed by atoms with E-state index in [0.29, 0.717) is 17.6 Å². The van der Waals surface area contributed by atoms with Crippen LogP contribution in [-0.4, -0.2) is 31.1 Å². The van der Waals surface area contributed by atoms with Gasteiger partial charge >= 0.3 is 11.9 Å². The van der Waals surface area contributed by atoms with Crippen molar-refractivity contribution in [3.8, 4) is 17.2 Å². The zero-order chi connectivity index (χ0) is 18.9. The first kappa shape index (κ1) is 18.2. The molecule has 0 unspecified atom stereocenters. The van der Waals surface area contributed by atoms with Gasteiger partial charge in [-0.3, -0.25) is 9.59 Å². The van der Waals surface area contributed by atoms with E-state index in [-0.39, 0.29) is 23.6 Å². The molecule has 138 valence electrons. The van der Waals surface area contributed by atoms with Crippen molar-refractivity contribution in [3.63, 3.8) is 0 Å². The third kappa shape index (κ3) is 3.51. The molecular weight excluding hydrogens is 334 g/mol. The smallest absolute Gasteiger partial charge is 0.325 e. The molecule has 2 aromatic carbocycles. The molecule has 0 bridgehead atoms. The number of rotatable bonds is 4. The van der Waals surface area contributed by atoms with Gasteiger partial charge in [-0.25, -0.2) is 0 Å². The van der Waals surface area contributed by atoms with Gasteiger partial charge in [0, 0.05) is 23.3 Å². The average Bonchev–Trinajstić information content (AvgIpc) is 2.57. The predicted molar refractivity (Wildman–Crippen MR) is 97.8 cm³/mol. The molecule has 3 rings (SSSR count). The molecule has 1 aliphatic rings. The quantitative estimate of drug-likeness (QED) is 0.670. The molecule has 0 amide bonds. The number of esters is 2. The molecule has 0 saturated heterocycles. The molecule has 6 nitrogen and oxygen atoms in total. The molecule has 1 N–H and O–H groups in total. The van der Waals surface area contributed by atoms with Crippen molar-refractivity contribution in [3.05, 3.63) is 29.8 Å². The Bertz CT molecular complexity index is 872. The van der Waals surface area contributed by atoms with Crippen LogP contribution in [0.4, 0.5) is 0 Å².